The quantitative estimate of drug-likeness (QED) is 0.742. The molecule has 2 rings (SSSR count). The molecule has 0 spiro atoms. The van der Waals surface area contributed by atoms with Gasteiger partial charge in [-0.1, -0.05) is 0 Å². The molecule has 0 radical (unpaired) electrons. The zero-order valence-electron chi connectivity index (χ0n) is 9.52. The first-order valence-electron chi connectivity index (χ1n) is 5.26. The maximum atomic E-state index is 13.3. The third-order valence-electron chi connectivity index (χ3n) is 2.42. The van der Waals surface area contributed by atoms with Gasteiger partial charge in [-0.3, -0.25) is 4.79 Å². The van der Waals surface area contributed by atoms with Gasteiger partial charge in [0.2, 0.25) is 0 Å². The Labute approximate surface area is 116 Å². The van der Waals surface area contributed by atoms with Crippen molar-refractivity contribution in [2.45, 2.75) is 0 Å². The van der Waals surface area contributed by atoms with Gasteiger partial charge in [0.15, 0.2) is 11.5 Å². The molecule has 0 aliphatic heterocycles. The van der Waals surface area contributed by atoms with Gasteiger partial charge in [-0.2, -0.15) is 0 Å². The standard InChI is InChI=1S/C13H9BrFNO3/c14-9-3-2-8(6-10(9)15)16-13(19)7-1-4-11(17)12(18)5-7/h1-6,17-18H,(H,16,19). The molecule has 98 valence electrons. The predicted octanol–water partition coefficient (Wildman–Crippen LogP) is 3.25. The molecule has 19 heavy (non-hydrogen) atoms. The van der Waals surface area contributed by atoms with Crippen molar-refractivity contribution >= 4 is 27.5 Å². The first-order chi connectivity index (χ1) is 8.97. The van der Waals surface area contributed by atoms with E-state index in [0.29, 0.717) is 10.2 Å². The van der Waals surface area contributed by atoms with Crippen LogP contribution < -0.4 is 5.32 Å². The monoisotopic (exact) mass is 325 g/mol. The highest BCUT2D eigenvalue weighted by Crippen LogP contribution is 2.25. The molecule has 0 saturated heterocycles. The number of phenols is 2. The number of rotatable bonds is 2. The lowest BCUT2D eigenvalue weighted by Gasteiger charge is -2.07. The highest BCUT2D eigenvalue weighted by Gasteiger charge is 2.10. The smallest absolute Gasteiger partial charge is 0.255 e. The Kier molecular flexibility index (Phi) is 3.71. The van der Waals surface area contributed by atoms with E-state index in [0.717, 1.165) is 6.07 Å². The molecule has 0 fully saturated rings. The first-order valence-corrected chi connectivity index (χ1v) is 6.05. The lowest BCUT2D eigenvalue weighted by molar-refractivity contribution is 0.102. The summed E-state index contributed by atoms with van der Waals surface area (Å²) < 4.78 is 13.6. The Hall–Kier alpha value is -2.08. The van der Waals surface area contributed by atoms with E-state index >= 15 is 0 Å². The van der Waals surface area contributed by atoms with E-state index in [2.05, 4.69) is 21.2 Å². The molecule has 0 unspecified atom stereocenters. The van der Waals surface area contributed by atoms with Crippen LogP contribution in [0.2, 0.25) is 0 Å². The summed E-state index contributed by atoms with van der Waals surface area (Å²) in [7, 11) is 0. The average molecular weight is 326 g/mol. The average Bonchev–Trinajstić information content (AvgIpc) is 2.37. The zero-order valence-corrected chi connectivity index (χ0v) is 11.1. The molecule has 2 aromatic rings. The Morgan fingerprint density at radius 1 is 1.11 bits per heavy atom. The summed E-state index contributed by atoms with van der Waals surface area (Å²) in [6.07, 6.45) is 0. The first kappa shape index (κ1) is 13.4. The minimum Gasteiger partial charge on any atom is -0.504 e. The van der Waals surface area contributed by atoms with Crippen LogP contribution in [0.4, 0.5) is 10.1 Å². The number of hydrogen-bond donors (Lipinski definition) is 3. The van der Waals surface area contributed by atoms with Gasteiger partial charge in [0, 0.05) is 11.3 Å². The minimum absolute atomic E-state index is 0.152. The van der Waals surface area contributed by atoms with E-state index in [1.165, 1.54) is 30.3 Å². The van der Waals surface area contributed by atoms with E-state index in [-0.39, 0.29) is 11.3 Å². The predicted molar refractivity (Wildman–Crippen MR) is 71.8 cm³/mol. The van der Waals surface area contributed by atoms with Gasteiger partial charge in [-0.15, -0.1) is 0 Å². The maximum Gasteiger partial charge on any atom is 0.255 e. The molecule has 0 aliphatic rings. The summed E-state index contributed by atoms with van der Waals surface area (Å²) in [6.45, 7) is 0. The van der Waals surface area contributed by atoms with E-state index in [4.69, 9.17) is 5.11 Å². The fraction of sp³-hybridized carbons (Fsp3) is 0. The molecule has 0 atom stereocenters. The van der Waals surface area contributed by atoms with Crippen molar-refractivity contribution in [3.05, 3.63) is 52.3 Å². The number of halogens is 2. The third kappa shape index (κ3) is 3.03. The van der Waals surface area contributed by atoms with Crippen LogP contribution in [0.1, 0.15) is 10.4 Å². The van der Waals surface area contributed by atoms with Gasteiger partial charge in [0.05, 0.1) is 4.47 Å². The summed E-state index contributed by atoms with van der Waals surface area (Å²) in [5, 5.41) is 20.9. The van der Waals surface area contributed by atoms with Crippen molar-refractivity contribution in [1.29, 1.82) is 0 Å². The molecule has 4 nitrogen and oxygen atoms in total. The molecule has 2 aromatic carbocycles. The van der Waals surface area contributed by atoms with Gasteiger partial charge in [0.1, 0.15) is 5.82 Å². The van der Waals surface area contributed by atoms with E-state index in [9.17, 15) is 14.3 Å². The molecule has 1 amide bonds. The third-order valence-corrected chi connectivity index (χ3v) is 3.06. The van der Waals surface area contributed by atoms with Crippen LogP contribution in [0, 0.1) is 5.82 Å². The molecule has 0 bridgehead atoms. The number of carbonyl (C=O) groups is 1. The lowest BCUT2D eigenvalue weighted by Crippen LogP contribution is -2.11. The summed E-state index contributed by atoms with van der Waals surface area (Å²) >= 11 is 3.01. The van der Waals surface area contributed by atoms with Crippen LogP contribution >= 0.6 is 15.9 Å². The van der Waals surface area contributed by atoms with Crippen LogP contribution in [-0.2, 0) is 0 Å². The zero-order chi connectivity index (χ0) is 14.0. The fourth-order valence-electron chi connectivity index (χ4n) is 1.44. The lowest BCUT2D eigenvalue weighted by atomic mass is 10.2. The number of phenolic OH excluding ortho intramolecular Hbond substituents is 2. The second-order valence-electron chi connectivity index (χ2n) is 3.79. The Bertz CT molecular complexity index is 646. The second-order valence-corrected chi connectivity index (χ2v) is 4.64. The number of anilines is 1. The van der Waals surface area contributed by atoms with Crippen LogP contribution in [0.3, 0.4) is 0 Å². The fourth-order valence-corrected chi connectivity index (χ4v) is 1.69. The van der Waals surface area contributed by atoms with Gasteiger partial charge in [-0.05, 0) is 52.3 Å². The van der Waals surface area contributed by atoms with Crippen molar-refractivity contribution in [1.82, 2.24) is 0 Å². The Morgan fingerprint density at radius 3 is 2.47 bits per heavy atom. The molecule has 0 aliphatic carbocycles. The summed E-state index contributed by atoms with van der Waals surface area (Å²) in [5.74, 6) is -1.72. The van der Waals surface area contributed by atoms with E-state index in [1.807, 2.05) is 0 Å². The SMILES string of the molecule is O=C(Nc1ccc(Br)c(F)c1)c1ccc(O)c(O)c1. The minimum atomic E-state index is -0.517. The largest absolute Gasteiger partial charge is 0.504 e. The van der Waals surface area contributed by atoms with Crippen molar-refractivity contribution in [3.63, 3.8) is 0 Å². The molecule has 0 heterocycles. The number of aromatic hydroxyl groups is 2. The Morgan fingerprint density at radius 2 is 1.84 bits per heavy atom. The van der Waals surface area contributed by atoms with Gasteiger partial charge < -0.3 is 15.5 Å². The Balaban J connectivity index is 2.20. The summed E-state index contributed by atoms with van der Waals surface area (Å²) in [6, 6.07) is 7.85. The highest BCUT2D eigenvalue weighted by atomic mass is 79.9. The number of nitrogens with one attached hydrogen (secondary N) is 1. The van der Waals surface area contributed by atoms with Crippen LogP contribution in [0.25, 0.3) is 0 Å². The summed E-state index contributed by atoms with van der Waals surface area (Å²) in [4.78, 5) is 11.8. The maximum absolute atomic E-state index is 13.3. The van der Waals surface area contributed by atoms with Crippen LogP contribution in [0.5, 0.6) is 11.5 Å². The molecular formula is C13H9BrFNO3. The van der Waals surface area contributed by atoms with Gasteiger partial charge in [-0.25, -0.2) is 4.39 Å². The normalized spacial score (nSPS) is 10.2. The number of hydrogen-bond acceptors (Lipinski definition) is 3. The topological polar surface area (TPSA) is 69.6 Å². The molecular weight excluding hydrogens is 317 g/mol. The van der Waals surface area contributed by atoms with Crippen molar-refractivity contribution in [2.24, 2.45) is 0 Å². The van der Waals surface area contributed by atoms with Crippen LogP contribution in [0.15, 0.2) is 40.9 Å². The highest BCUT2D eigenvalue weighted by molar-refractivity contribution is 9.10. The van der Waals surface area contributed by atoms with E-state index in [1.54, 1.807) is 0 Å². The molecule has 3 N–H and O–H groups in total. The number of benzene rings is 2. The van der Waals surface area contributed by atoms with Gasteiger partial charge >= 0.3 is 0 Å². The van der Waals surface area contributed by atoms with Crippen LogP contribution in [-0.4, -0.2) is 16.1 Å². The second kappa shape index (κ2) is 5.27. The number of carbonyl (C=O) groups excluding carboxylic acids is 1. The van der Waals surface area contributed by atoms with Crippen molar-refractivity contribution < 1.29 is 19.4 Å². The van der Waals surface area contributed by atoms with Gasteiger partial charge in [0.25, 0.3) is 5.91 Å². The number of amides is 1. The van der Waals surface area contributed by atoms with E-state index < -0.39 is 17.5 Å². The summed E-state index contributed by atoms with van der Waals surface area (Å²) in [5.41, 5.74) is 0.442. The molecule has 0 aromatic heterocycles. The van der Waals surface area contributed by atoms with Crippen molar-refractivity contribution in [2.75, 3.05) is 5.32 Å². The van der Waals surface area contributed by atoms with Crippen molar-refractivity contribution in [3.8, 4) is 11.5 Å². The molecule has 6 heteroatoms. The molecule has 0 saturated carbocycles.